The Morgan fingerprint density at radius 3 is 0.936 bits per heavy atom. The van der Waals surface area contributed by atoms with E-state index in [2.05, 4.69) is 10.6 Å². The van der Waals surface area contributed by atoms with Gasteiger partial charge in [-0.25, -0.2) is 14.4 Å². The smallest absolute Gasteiger partial charge is 0.430 e. The Hall–Kier alpha value is -4.50. The first-order chi connectivity index (χ1) is 43.0. The number of aliphatic carboxylic acids is 2. The van der Waals surface area contributed by atoms with Gasteiger partial charge < -0.3 is 97.9 Å². The number of halogens is 10. The Labute approximate surface area is 557 Å². The first-order valence-electron chi connectivity index (χ1n) is 29.4. The molecule has 10 rings (SSSR count). The first kappa shape index (κ1) is 81.9. The number of likely N-dealkylation sites (tertiary alicyclic amines) is 3. The number of β-amino-alcohol motifs (C(OH)–C–C–N with tert-alkyl or cyclic N) is 1. The van der Waals surface area contributed by atoms with E-state index in [1.165, 1.54) is 35.5 Å². The molecule has 39 heteroatoms. The first-order valence-corrected chi connectivity index (χ1v) is 31.2. The molecule has 0 aromatic heterocycles. The average Bonchev–Trinajstić information content (AvgIpc) is 1.63. The van der Waals surface area contributed by atoms with Crippen LogP contribution in [0.1, 0.15) is 83.1 Å². The molecule has 29 nitrogen and oxygen atoms in total. The third-order valence-corrected chi connectivity index (χ3v) is 16.3. The molecule has 0 aliphatic carbocycles. The predicted molar refractivity (Wildman–Crippen MR) is 305 cm³/mol. The van der Waals surface area contributed by atoms with E-state index in [0.717, 1.165) is 13.1 Å². The fraction of sp³-hybridized carbons (Fsp3) is 0.855. The number of fused-ring (bicyclic) bond motifs is 5. The van der Waals surface area contributed by atoms with Gasteiger partial charge in [0, 0.05) is 33.9 Å². The van der Waals surface area contributed by atoms with Gasteiger partial charge in [-0.15, -0.1) is 46.4 Å². The van der Waals surface area contributed by atoms with Crippen LogP contribution in [-0.4, -0.2) is 292 Å². The number of nitrogens with zero attached hydrogens (tertiary/aromatic N) is 3. The van der Waals surface area contributed by atoms with Crippen molar-refractivity contribution in [3.05, 3.63) is 0 Å². The van der Waals surface area contributed by atoms with Crippen molar-refractivity contribution in [1.82, 2.24) is 14.7 Å². The highest BCUT2D eigenvalue weighted by Gasteiger charge is 2.58. The van der Waals surface area contributed by atoms with E-state index in [9.17, 15) is 70.4 Å². The van der Waals surface area contributed by atoms with Crippen LogP contribution in [0.4, 0.5) is 40.7 Å². The lowest BCUT2D eigenvalue weighted by molar-refractivity contribution is -0.676. The van der Waals surface area contributed by atoms with Gasteiger partial charge >= 0.3 is 48.5 Å². The summed E-state index contributed by atoms with van der Waals surface area (Å²) in [6.07, 6.45) is -15.8. The van der Waals surface area contributed by atoms with Crippen LogP contribution in [0.25, 0.3) is 0 Å². The zero-order valence-corrected chi connectivity index (χ0v) is 56.3. The van der Waals surface area contributed by atoms with Gasteiger partial charge in [0.15, 0.2) is 0 Å². The molecule has 0 spiro atoms. The van der Waals surface area contributed by atoms with Gasteiger partial charge in [0.05, 0.1) is 75.6 Å². The molecule has 10 aliphatic heterocycles. The molecule has 0 aromatic rings. The van der Waals surface area contributed by atoms with E-state index in [-0.39, 0.29) is 109 Å². The van der Waals surface area contributed by atoms with E-state index >= 15 is 0 Å². The van der Waals surface area contributed by atoms with Gasteiger partial charge in [0.2, 0.25) is 0 Å². The summed E-state index contributed by atoms with van der Waals surface area (Å²) in [6, 6.07) is -0.860. The number of hydrogen-bond donors (Lipinski definition) is 5. The van der Waals surface area contributed by atoms with Crippen LogP contribution < -0.4 is 20.8 Å². The van der Waals surface area contributed by atoms with Crippen LogP contribution in [0.2, 0.25) is 0 Å². The molecule has 10 aliphatic rings. The number of hydrogen-bond acceptors (Lipinski definition) is 24. The Balaban J connectivity index is 0.000000243. The van der Waals surface area contributed by atoms with Gasteiger partial charge in [-0.2, -0.15) is 26.3 Å². The number of rotatable bonds is 3. The number of amides is 3. The maximum atomic E-state index is 12.2. The molecule has 0 aromatic carbocycles. The molecule has 94 heavy (non-hydrogen) atoms. The summed E-state index contributed by atoms with van der Waals surface area (Å²) in [4.78, 5) is 92.0. The minimum Gasteiger partial charge on any atom is -0.542 e. The molecule has 0 radical (unpaired) electrons. The number of quaternary nitrogens is 2. The molecule has 10 saturated heterocycles. The SMILES string of the molecule is CC(=O)O[C@H]1CO[C@H]2[C@@H]1N(C(=O)OC(C)(C)C)C[C@@H]2Cl.CC(=O)O[C@H]1CO[C@H]2[C@@H]1N(C(=O)OC(C)(C)C)C[C@H]2Cl.CC(=O)O[C@H]1CO[C@H]2[C@@H]1N(C(=O)OC(C)(C)C)C[C@H]2O.O=C([O-])C(F)(F)F.O=C([O-])C(F)(F)F.O[C@H]1CO[C@H]2[C@@H]1[NH2+]C[C@@H]2Cl.O[C@H]1CO[C@H]2[C@@H]1[NH2+]C[C@H]2Cl. The molecular weight excluding hydrogens is 1370 g/mol. The minimum atomic E-state index is -5.19. The van der Waals surface area contributed by atoms with Crippen molar-refractivity contribution in [2.75, 3.05) is 65.8 Å². The number of alkyl halides is 10. The molecular formula is C55H83Cl4F6N5O24. The number of carbonyl (C=O) groups excluding carboxylic acids is 8. The Kier molecular flexibility index (Phi) is 29.5. The van der Waals surface area contributed by atoms with Crippen molar-refractivity contribution < 1.29 is 153 Å². The monoisotopic (exact) mass is 1450 g/mol. The fourth-order valence-electron chi connectivity index (χ4n) is 11.1. The third kappa shape index (κ3) is 23.9. The normalized spacial score (nSPS) is 34.1. The third-order valence-electron chi connectivity index (χ3n) is 14.7. The van der Waals surface area contributed by atoms with Gasteiger partial charge in [-0.1, -0.05) is 0 Å². The van der Waals surface area contributed by atoms with Crippen molar-refractivity contribution in [2.24, 2.45) is 0 Å². The molecule has 542 valence electrons. The Morgan fingerprint density at radius 1 is 0.426 bits per heavy atom. The second-order valence-electron chi connectivity index (χ2n) is 25.7. The van der Waals surface area contributed by atoms with Gasteiger partial charge in [0.1, 0.15) is 125 Å². The van der Waals surface area contributed by atoms with Crippen LogP contribution >= 0.6 is 46.4 Å². The molecule has 7 N–H and O–H groups in total. The highest BCUT2D eigenvalue weighted by molar-refractivity contribution is 6.22. The molecule has 0 unspecified atom stereocenters. The summed E-state index contributed by atoms with van der Waals surface area (Å²) in [5, 5.41) is 49.8. The van der Waals surface area contributed by atoms with Crippen LogP contribution in [-0.2, 0) is 76.1 Å². The van der Waals surface area contributed by atoms with Crippen LogP contribution in [0.5, 0.6) is 0 Å². The van der Waals surface area contributed by atoms with Crippen molar-refractivity contribution in [3.8, 4) is 0 Å². The lowest BCUT2D eigenvalue weighted by Crippen LogP contribution is -2.89. The van der Waals surface area contributed by atoms with Crippen molar-refractivity contribution >= 4 is 94.5 Å². The van der Waals surface area contributed by atoms with E-state index < -0.39 is 114 Å². The maximum Gasteiger partial charge on any atom is 0.430 e. The highest BCUT2D eigenvalue weighted by atomic mass is 35.5. The molecule has 3 amide bonds. The van der Waals surface area contributed by atoms with E-state index in [0.29, 0.717) is 26.3 Å². The number of carbonyl (C=O) groups is 8. The van der Waals surface area contributed by atoms with Crippen molar-refractivity contribution in [2.45, 2.75) is 231 Å². The Morgan fingerprint density at radius 2 is 0.681 bits per heavy atom. The van der Waals surface area contributed by atoms with Gasteiger partial charge in [-0.05, 0) is 62.3 Å². The standard InChI is InChI=1S/2C13H20ClNO5.C13H21NO6.2C6H10ClNO2.2C2HF3O2/c2*1-7(16)19-9-6-18-11-8(14)5-15(10(9)11)12(17)20-13(2,3)4;1-7(15)19-9-6-18-11-8(16)5-14(10(9)11)12(17)20-13(2,3)4;2*7-3-1-8-5-4(9)2-10-6(3)5;2*3-2(4,5)1(6)7/h2*8-11H,5-6H2,1-4H3;8-11,16H,5-6H2,1-4H3;2*3-6,8-9H,1-2H2;2*(H,6,7)/t8-,9+,10-,11-;8-,9-,10+,11+;8-,9+,10-,11-;3-,4+,5-,6-;3-,4-,5+,6+;;/m10110../s1. The number of carboxylic acid groups (broad SMARTS) is 2. The Bertz CT molecular complexity index is 2320. The van der Waals surface area contributed by atoms with Crippen molar-refractivity contribution in [1.29, 1.82) is 0 Å². The van der Waals surface area contributed by atoms with E-state index in [1.807, 2.05) is 0 Å². The number of aliphatic hydroxyl groups excluding tert-OH is 3. The fourth-order valence-corrected chi connectivity index (χ4v) is 12.6. The van der Waals surface area contributed by atoms with Crippen molar-refractivity contribution in [3.63, 3.8) is 0 Å². The number of carboxylic acids is 2. The summed E-state index contributed by atoms with van der Waals surface area (Å²) in [5.74, 6) is -7.26. The zero-order chi connectivity index (χ0) is 71.7. The average molecular weight is 1450 g/mol. The summed E-state index contributed by atoms with van der Waals surface area (Å²) >= 11 is 24.2. The second kappa shape index (κ2) is 33.8. The largest absolute Gasteiger partial charge is 0.542 e. The number of aliphatic hydroxyl groups is 3. The van der Waals surface area contributed by atoms with Crippen LogP contribution in [0, 0.1) is 0 Å². The summed E-state index contributed by atoms with van der Waals surface area (Å²) in [6.45, 7) is 24.1. The molecule has 0 saturated carbocycles. The summed E-state index contributed by atoms with van der Waals surface area (Å²) in [5.41, 5.74) is -1.81. The number of nitrogens with two attached hydrogens (primary N) is 2. The van der Waals surface area contributed by atoms with Crippen LogP contribution in [0.15, 0.2) is 0 Å². The second-order valence-corrected chi connectivity index (χ2v) is 28.0. The number of ether oxygens (including phenoxy) is 11. The van der Waals surface area contributed by atoms with Gasteiger partial charge in [-0.3, -0.25) is 29.1 Å². The van der Waals surface area contributed by atoms with E-state index in [1.54, 1.807) is 62.3 Å². The molecule has 10 heterocycles. The lowest BCUT2D eigenvalue weighted by atomic mass is 10.1. The minimum absolute atomic E-state index is 0.0802. The zero-order valence-electron chi connectivity index (χ0n) is 53.3. The molecule has 10 fully saturated rings. The molecule has 0 bridgehead atoms. The lowest BCUT2D eigenvalue weighted by Gasteiger charge is -2.29. The molecule has 20 atom stereocenters. The summed E-state index contributed by atoms with van der Waals surface area (Å²) in [7, 11) is 0. The van der Waals surface area contributed by atoms with E-state index in [4.69, 9.17) is 118 Å². The maximum absolute atomic E-state index is 12.2. The highest BCUT2D eigenvalue weighted by Crippen LogP contribution is 2.38. The van der Waals surface area contributed by atoms with Crippen LogP contribution in [0.3, 0.4) is 0 Å². The topological polar surface area (TPSA) is 388 Å². The quantitative estimate of drug-likeness (QED) is 0.0937. The number of esters is 3. The predicted octanol–water partition coefficient (Wildman–Crippen LogP) is -1.42. The summed E-state index contributed by atoms with van der Waals surface area (Å²) < 4.78 is 122. The van der Waals surface area contributed by atoms with Gasteiger partial charge in [0.25, 0.3) is 0 Å².